The molecule has 2 aromatic rings. The molecule has 1 aliphatic rings. The Bertz CT molecular complexity index is 670. The summed E-state index contributed by atoms with van der Waals surface area (Å²) in [6.45, 7) is 2.13. The van der Waals surface area contributed by atoms with Gasteiger partial charge >= 0.3 is 0 Å². The first-order chi connectivity index (χ1) is 9.99. The molecule has 21 heavy (non-hydrogen) atoms. The van der Waals surface area contributed by atoms with Gasteiger partial charge in [-0.1, -0.05) is 47.5 Å². The van der Waals surface area contributed by atoms with E-state index in [2.05, 4.69) is 17.6 Å². The molecular formula is C16H14Cl2N2S. The van der Waals surface area contributed by atoms with Crippen LogP contribution in [0.1, 0.15) is 24.1 Å². The monoisotopic (exact) mass is 336 g/mol. The molecule has 2 nitrogen and oxygen atoms in total. The molecule has 108 valence electrons. The molecule has 0 bridgehead atoms. The van der Waals surface area contributed by atoms with Crippen LogP contribution in [-0.4, -0.2) is 5.11 Å². The van der Waals surface area contributed by atoms with Crippen LogP contribution in [-0.2, 0) is 5.54 Å². The Balaban J connectivity index is 2.04. The van der Waals surface area contributed by atoms with Gasteiger partial charge in [0.1, 0.15) is 0 Å². The van der Waals surface area contributed by atoms with Crippen LogP contribution >= 0.6 is 35.4 Å². The molecule has 3 rings (SSSR count). The van der Waals surface area contributed by atoms with Crippen LogP contribution in [0.15, 0.2) is 48.5 Å². The summed E-state index contributed by atoms with van der Waals surface area (Å²) in [6.07, 6.45) is 0. The lowest BCUT2D eigenvalue weighted by atomic mass is 9.82. The maximum absolute atomic E-state index is 5.99. The van der Waals surface area contributed by atoms with Gasteiger partial charge in [0.25, 0.3) is 0 Å². The number of nitrogens with one attached hydrogen (secondary N) is 2. The van der Waals surface area contributed by atoms with Crippen molar-refractivity contribution in [2.45, 2.75) is 18.5 Å². The predicted octanol–water partition coefficient (Wildman–Crippen LogP) is 4.43. The first-order valence-electron chi connectivity index (χ1n) is 6.59. The highest BCUT2D eigenvalue weighted by Gasteiger charge is 2.43. The Morgan fingerprint density at radius 3 is 2.05 bits per heavy atom. The van der Waals surface area contributed by atoms with Gasteiger partial charge in [0, 0.05) is 10.0 Å². The molecule has 0 saturated carbocycles. The van der Waals surface area contributed by atoms with E-state index < -0.39 is 0 Å². The molecule has 2 unspecified atom stereocenters. The van der Waals surface area contributed by atoms with E-state index in [9.17, 15) is 0 Å². The number of benzene rings is 2. The zero-order valence-corrected chi connectivity index (χ0v) is 13.7. The number of hydrogen-bond donors (Lipinski definition) is 2. The fraction of sp³-hybridized carbons (Fsp3) is 0.188. The Hall–Kier alpha value is -1.29. The SMILES string of the molecule is CC1(c2ccc(Cl)cc2)NC(=S)NC1c1ccc(Cl)cc1. The summed E-state index contributed by atoms with van der Waals surface area (Å²) in [6, 6.07) is 15.7. The molecular weight excluding hydrogens is 323 g/mol. The lowest BCUT2D eigenvalue weighted by Gasteiger charge is -2.31. The van der Waals surface area contributed by atoms with Crippen molar-refractivity contribution in [1.82, 2.24) is 10.6 Å². The van der Waals surface area contributed by atoms with Crippen molar-refractivity contribution in [2.75, 3.05) is 0 Å². The summed E-state index contributed by atoms with van der Waals surface area (Å²) in [4.78, 5) is 0. The molecule has 2 aromatic carbocycles. The van der Waals surface area contributed by atoms with Gasteiger partial charge in [0.05, 0.1) is 11.6 Å². The zero-order valence-electron chi connectivity index (χ0n) is 11.4. The molecule has 0 spiro atoms. The third-order valence-corrected chi connectivity index (χ3v) is 4.60. The first kappa shape index (κ1) is 14.6. The van der Waals surface area contributed by atoms with Gasteiger partial charge in [-0.3, -0.25) is 0 Å². The Morgan fingerprint density at radius 2 is 1.48 bits per heavy atom. The smallest absolute Gasteiger partial charge is 0.167 e. The van der Waals surface area contributed by atoms with Crippen molar-refractivity contribution in [2.24, 2.45) is 0 Å². The lowest BCUT2D eigenvalue weighted by molar-refractivity contribution is 0.379. The van der Waals surface area contributed by atoms with Crippen molar-refractivity contribution < 1.29 is 0 Å². The van der Waals surface area contributed by atoms with Crippen molar-refractivity contribution in [3.63, 3.8) is 0 Å². The van der Waals surface area contributed by atoms with E-state index >= 15 is 0 Å². The van der Waals surface area contributed by atoms with Gasteiger partial charge in [-0.2, -0.15) is 0 Å². The number of thiocarbonyl (C=S) groups is 1. The second-order valence-electron chi connectivity index (χ2n) is 5.29. The van der Waals surface area contributed by atoms with Gasteiger partial charge < -0.3 is 10.6 Å². The normalized spacial score (nSPS) is 24.5. The number of rotatable bonds is 2. The van der Waals surface area contributed by atoms with E-state index in [0.717, 1.165) is 21.2 Å². The topological polar surface area (TPSA) is 24.1 Å². The summed E-state index contributed by atoms with van der Waals surface area (Å²) in [5.74, 6) is 0. The fourth-order valence-electron chi connectivity index (χ4n) is 2.73. The average Bonchev–Trinajstić information content (AvgIpc) is 2.76. The van der Waals surface area contributed by atoms with Crippen molar-refractivity contribution in [3.8, 4) is 0 Å². The van der Waals surface area contributed by atoms with Gasteiger partial charge in [-0.05, 0) is 54.5 Å². The van der Waals surface area contributed by atoms with Crippen LogP contribution in [0.4, 0.5) is 0 Å². The van der Waals surface area contributed by atoms with Gasteiger partial charge in [0.2, 0.25) is 0 Å². The molecule has 1 heterocycles. The number of hydrogen-bond acceptors (Lipinski definition) is 1. The molecule has 2 atom stereocenters. The lowest BCUT2D eigenvalue weighted by Crippen LogP contribution is -2.39. The van der Waals surface area contributed by atoms with Crippen molar-refractivity contribution in [1.29, 1.82) is 0 Å². The van der Waals surface area contributed by atoms with Crippen LogP contribution < -0.4 is 10.6 Å². The molecule has 1 saturated heterocycles. The zero-order chi connectivity index (χ0) is 15.0. The fourth-order valence-corrected chi connectivity index (χ4v) is 3.31. The number of halogens is 2. The predicted molar refractivity (Wildman–Crippen MR) is 91.9 cm³/mol. The summed E-state index contributed by atoms with van der Waals surface area (Å²) < 4.78 is 0. The van der Waals surface area contributed by atoms with E-state index in [1.54, 1.807) is 0 Å². The summed E-state index contributed by atoms with van der Waals surface area (Å²) in [5.41, 5.74) is 1.92. The highest BCUT2D eigenvalue weighted by atomic mass is 35.5. The van der Waals surface area contributed by atoms with E-state index in [0.29, 0.717) is 5.11 Å². The maximum Gasteiger partial charge on any atom is 0.167 e. The average molecular weight is 337 g/mol. The third kappa shape index (κ3) is 2.73. The molecule has 2 N–H and O–H groups in total. The highest BCUT2D eigenvalue weighted by Crippen LogP contribution is 2.38. The van der Waals surface area contributed by atoms with E-state index in [1.807, 2.05) is 48.5 Å². The van der Waals surface area contributed by atoms with E-state index in [1.165, 1.54) is 0 Å². The van der Waals surface area contributed by atoms with Gasteiger partial charge in [0.15, 0.2) is 5.11 Å². The molecule has 0 radical (unpaired) electrons. The highest BCUT2D eigenvalue weighted by molar-refractivity contribution is 7.80. The maximum atomic E-state index is 5.99. The Kier molecular flexibility index (Phi) is 3.82. The molecule has 5 heteroatoms. The molecule has 1 aliphatic heterocycles. The molecule has 0 aromatic heterocycles. The third-order valence-electron chi connectivity index (χ3n) is 3.87. The molecule has 1 fully saturated rings. The summed E-state index contributed by atoms with van der Waals surface area (Å²) >= 11 is 17.3. The van der Waals surface area contributed by atoms with Crippen LogP contribution in [0.25, 0.3) is 0 Å². The van der Waals surface area contributed by atoms with E-state index in [4.69, 9.17) is 35.4 Å². The first-order valence-corrected chi connectivity index (χ1v) is 7.76. The van der Waals surface area contributed by atoms with Gasteiger partial charge in [-0.15, -0.1) is 0 Å². The largest absolute Gasteiger partial charge is 0.353 e. The minimum atomic E-state index is -0.338. The van der Waals surface area contributed by atoms with Crippen molar-refractivity contribution in [3.05, 3.63) is 69.7 Å². The minimum absolute atomic E-state index is 0.0310. The van der Waals surface area contributed by atoms with Crippen LogP contribution in [0, 0.1) is 0 Å². The second-order valence-corrected chi connectivity index (χ2v) is 6.57. The Labute approximate surface area is 139 Å². The Morgan fingerprint density at radius 1 is 0.952 bits per heavy atom. The van der Waals surface area contributed by atoms with Crippen LogP contribution in [0.3, 0.4) is 0 Å². The van der Waals surface area contributed by atoms with Crippen LogP contribution in [0.2, 0.25) is 10.0 Å². The summed E-state index contributed by atoms with van der Waals surface area (Å²) in [7, 11) is 0. The second kappa shape index (κ2) is 5.48. The summed E-state index contributed by atoms with van der Waals surface area (Å²) in [5, 5.41) is 8.80. The van der Waals surface area contributed by atoms with E-state index in [-0.39, 0.29) is 11.6 Å². The minimum Gasteiger partial charge on any atom is -0.353 e. The van der Waals surface area contributed by atoms with Gasteiger partial charge in [-0.25, -0.2) is 0 Å². The standard InChI is InChI=1S/C16H14Cl2N2S/c1-16(11-4-8-13(18)9-5-11)14(19-15(21)20-16)10-2-6-12(17)7-3-10/h2-9,14H,1H3,(H2,19,20,21). The molecule has 0 amide bonds. The van der Waals surface area contributed by atoms with Crippen molar-refractivity contribution >= 4 is 40.5 Å². The van der Waals surface area contributed by atoms with Crippen LogP contribution in [0.5, 0.6) is 0 Å². The molecule has 0 aliphatic carbocycles. The quantitative estimate of drug-likeness (QED) is 0.793.